The molecule has 33 heavy (non-hydrogen) atoms. The smallest absolute Gasteiger partial charge is 0.224 e. The van der Waals surface area contributed by atoms with E-state index in [1.54, 1.807) is 47.1 Å². The largest absolute Gasteiger partial charge is 0.339 e. The van der Waals surface area contributed by atoms with Gasteiger partial charge in [0.15, 0.2) is 0 Å². The van der Waals surface area contributed by atoms with Crippen molar-refractivity contribution < 1.29 is 9.59 Å². The number of benzene rings is 2. The summed E-state index contributed by atoms with van der Waals surface area (Å²) in [5, 5.41) is 1.93. The van der Waals surface area contributed by atoms with Gasteiger partial charge in [0.25, 0.3) is 0 Å². The molecule has 0 atom stereocenters. The summed E-state index contributed by atoms with van der Waals surface area (Å²) in [5.74, 6) is 0.778. The minimum absolute atomic E-state index is 0.0295. The van der Waals surface area contributed by atoms with Crippen molar-refractivity contribution in [3.05, 3.63) is 61.8 Å². The highest BCUT2D eigenvalue weighted by molar-refractivity contribution is 6.42. The first kappa shape index (κ1) is 24.1. The van der Waals surface area contributed by atoms with Gasteiger partial charge in [-0.3, -0.25) is 9.59 Å². The van der Waals surface area contributed by atoms with E-state index in [9.17, 15) is 9.59 Å². The number of carbonyl (C=O) groups is 2. The van der Waals surface area contributed by atoms with E-state index >= 15 is 0 Å². The molecule has 174 valence electrons. The molecule has 2 amide bonds. The normalized spacial score (nSPS) is 14.2. The number of aryl methyl sites for hydroxylation is 1. The maximum atomic E-state index is 12.9. The zero-order valence-corrected chi connectivity index (χ0v) is 21.0. The van der Waals surface area contributed by atoms with Crippen molar-refractivity contribution in [3.8, 4) is 0 Å². The number of piperazine rings is 1. The lowest BCUT2D eigenvalue weighted by Crippen LogP contribution is -2.50. The topological polar surface area (TPSA) is 58.4 Å². The molecule has 2 aromatic carbocycles. The molecular weight excluding hydrogens is 506 g/mol. The fourth-order valence-corrected chi connectivity index (χ4v) is 4.90. The molecule has 0 spiro atoms. The van der Waals surface area contributed by atoms with Crippen LogP contribution in [0.3, 0.4) is 0 Å². The molecule has 1 aliphatic rings. The summed E-state index contributed by atoms with van der Waals surface area (Å²) >= 11 is 25.3. The van der Waals surface area contributed by atoms with E-state index in [0.717, 1.165) is 11.1 Å². The second-order valence-electron chi connectivity index (χ2n) is 7.95. The monoisotopic (exact) mass is 526 g/mol. The third-order valence-electron chi connectivity index (χ3n) is 5.89. The van der Waals surface area contributed by atoms with Crippen LogP contribution in [0, 0.1) is 0 Å². The molecule has 10 heteroatoms. The third-order valence-corrected chi connectivity index (χ3v) is 7.32. The van der Waals surface area contributed by atoms with E-state index < -0.39 is 0 Å². The summed E-state index contributed by atoms with van der Waals surface area (Å²) < 4.78 is 1.97. The van der Waals surface area contributed by atoms with Gasteiger partial charge in [0, 0.05) is 62.5 Å². The van der Waals surface area contributed by atoms with Crippen LogP contribution >= 0.6 is 46.4 Å². The van der Waals surface area contributed by atoms with Crippen LogP contribution in [0.25, 0.3) is 11.0 Å². The van der Waals surface area contributed by atoms with Crippen molar-refractivity contribution in [2.45, 2.75) is 26.3 Å². The highest BCUT2D eigenvalue weighted by Gasteiger charge is 2.23. The molecule has 0 saturated carbocycles. The Morgan fingerprint density at radius 3 is 2.15 bits per heavy atom. The van der Waals surface area contributed by atoms with Crippen molar-refractivity contribution in [1.82, 2.24) is 19.4 Å². The lowest BCUT2D eigenvalue weighted by Gasteiger charge is -2.34. The minimum Gasteiger partial charge on any atom is -0.339 e. The Labute approximate surface area is 212 Å². The first-order valence-corrected chi connectivity index (χ1v) is 12.1. The molecular formula is C23H22Cl4N4O2. The second-order valence-corrected chi connectivity index (χ2v) is 9.58. The molecule has 1 fully saturated rings. The number of nitrogens with zero attached hydrogens (tertiary/aromatic N) is 4. The van der Waals surface area contributed by atoms with E-state index in [1.165, 1.54) is 0 Å². The van der Waals surface area contributed by atoms with E-state index in [-0.39, 0.29) is 18.2 Å². The molecule has 1 aromatic heterocycles. The molecule has 0 unspecified atom stereocenters. The lowest BCUT2D eigenvalue weighted by molar-refractivity contribution is -0.138. The first-order valence-electron chi connectivity index (χ1n) is 10.5. The van der Waals surface area contributed by atoms with Crippen LogP contribution in [0.1, 0.15) is 24.7 Å². The van der Waals surface area contributed by atoms with Crippen LogP contribution in [0.15, 0.2) is 30.3 Å². The van der Waals surface area contributed by atoms with Gasteiger partial charge in [0.2, 0.25) is 11.8 Å². The summed E-state index contributed by atoms with van der Waals surface area (Å²) in [7, 11) is 0. The quantitative estimate of drug-likeness (QED) is 0.451. The zero-order chi connectivity index (χ0) is 23.7. The molecule has 0 aliphatic carbocycles. The molecule has 3 aromatic rings. The Bertz CT molecular complexity index is 1200. The number of amides is 2. The average Bonchev–Trinajstić information content (AvgIpc) is 3.10. The molecule has 0 N–H and O–H groups in total. The Kier molecular flexibility index (Phi) is 7.39. The van der Waals surface area contributed by atoms with E-state index in [1.807, 2.05) is 4.57 Å². The van der Waals surface area contributed by atoms with Crippen molar-refractivity contribution >= 4 is 69.3 Å². The van der Waals surface area contributed by atoms with Gasteiger partial charge in [-0.05, 0) is 29.8 Å². The summed E-state index contributed by atoms with van der Waals surface area (Å²) in [6, 6.07) is 8.85. The van der Waals surface area contributed by atoms with Crippen LogP contribution in [0.2, 0.25) is 20.1 Å². The van der Waals surface area contributed by atoms with E-state index in [0.29, 0.717) is 70.6 Å². The van der Waals surface area contributed by atoms with Gasteiger partial charge in [0.1, 0.15) is 5.82 Å². The Balaban J connectivity index is 1.59. The molecule has 1 saturated heterocycles. The Hall–Kier alpha value is -1.99. The molecule has 0 radical (unpaired) electrons. The van der Waals surface area contributed by atoms with Gasteiger partial charge in [-0.25, -0.2) is 4.98 Å². The van der Waals surface area contributed by atoms with Crippen molar-refractivity contribution in [2.75, 3.05) is 26.2 Å². The van der Waals surface area contributed by atoms with Crippen LogP contribution in [-0.2, 0) is 22.6 Å². The number of hydrogen-bond donors (Lipinski definition) is 0. The average molecular weight is 528 g/mol. The first-order chi connectivity index (χ1) is 15.7. The van der Waals surface area contributed by atoms with Gasteiger partial charge in [-0.1, -0.05) is 52.5 Å². The Morgan fingerprint density at radius 1 is 0.909 bits per heavy atom. The second kappa shape index (κ2) is 10.1. The summed E-state index contributed by atoms with van der Waals surface area (Å²) in [4.78, 5) is 32.7. The van der Waals surface area contributed by atoms with Crippen LogP contribution in [0.5, 0.6) is 0 Å². The molecule has 1 aliphatic heterocycles. The van der Waals surface area contributed by atoms with Crippen LogP contribution < -0.4 is 0 Å². The number of hydrogen-bond acceptors (Lipinski definition) is 3. The maximum absolute atomic E-state index is 12.9. The molecule has 0 bridgehead atoms. The number of halogens is 4. The molecule has 2 heterocycles. The maximum Gasteiger partial charge on any atom is 0.224 e. The van der Waals surface area contributed by atoms with Crippen molar-refractivity contribution in [1.29, 1.82) is 0 Å². The van der Waals surface area contributed by atoms with E-state index in [4.69, 9.17) is 51.4 Å². The highest BCUT2D eigenvalue weighted by Crippen LogP contribution is 2.31. The zero-order valence-electron chi connectivity index (χ0n) is 18.0. The number of rotatable bonds is 5. The van der Waals surface area contributed by atoms with Gasteiger partial charge >= 0.3 is 0 Å². The Morgan fingerprint density at radius 2 is 1.52 bits per heavy atom. The number of carbonyl (C=O) groups excluding carboxylic acids is 2. The predicted molar refractivity (Wildman–Crippen MR) is 132 cm³/mol. The van der Waals surface area contributed by atoms with Crippen LogP contribution in [-0.4, -0.2) is 57.3 Å². The standard InChI is InChI=1S/C23H22Cl4N4O2/c1-14(32)29-7-9-30(10-8-29)23(33)5-6-31-21-13-19(27)18(26)12-20(21)28-22(31)11-15-16(24)3-2-4-17(15)25/h2-4,12-13H,5-11H2,1H3. The van der Waals surface area contributed by atoms with Crippen molar-refractivity contribution in [3.63, 3.8) is 0 Å². The molecule has 4 rings (SSSR count). The number of fused-ring (bicyclic) bond motifs is 1. The SMILES string of the molecule is CC(=O)N1CCN(C(=O)CCn2c(Cc3c(Cl)cccc3Cl)nc3cc(Cl)c(Cl)cc32)CC1. The minimum atomic E-state index is 0.0295. The van der Waals surface area contributed by atoms with Gasteiger partial charge in [-0.15, -0.1) is 0 Å². The van der Waals surface area contributed by atoms with Gasteiger partial charge in [-0.2, -0.15) is 0 Å². The fraction of sp³-hybridized carbons (Fsp3) is 0.348. The van der Waals surface area contributed by atoms with Crippen molar-refractivity contribution in [2.24, 2.45) is 0 Å². The predicted octanol–water partition coefficient (Wildman–Crippen LogP) is 5.32. The highest BCUT2D eigenvalue weighted by atomic mass is 35.5. The third kappa shape index (κ3) is 5.24. The summed E-state index contributed by atoms with van der Waals surface area (Å²) in [5.41, 5.74) is 2.24. The van der Waals surface area contributed by atoms with Gasteiger partial charge in [0.05, 0.1) is 21.1 Å². The number of aromatic nitrogens is 2. The number of imidazole rings is 1. The van der Waals surface area contributed by atoms with E-state index in [2.05, 4.69) is 0 Å². The summed E-state index contributed by atoms with van der Waals surface area (Å²) in [6.45, 7) is 4.14. The van der Waals surface area contributed by atoms with Crippen LogP contribution in [0.4, 0.5) is 0 Å². The lowest BCUT2D eigenvalue weighted by atomic mass is 10.1. The molecule has 6 nitrogen and oxygen atoms in total. The van der Waals surface area contributed by atoms with Gasteiger partial charge < -0.3 is 14.4 Å². The summed E-state index contributed by atoms with van der Waals surface area (Å²) in [6.07, 6.45) is 0.683. The fourth-order valence-electron chi connectivity index (χ4n) is 4.05.